The van der Waals surface area contributed by atoms with Gasteiger partial charge in [-0.2, -0.15) is 0 Å². The third-order valence-corrected chi connectivity index (χ3v) is 3.18. The van der Waals surface area contributed by atoms with Gasteiger partial charge in [0.1, 0.15) is 0 Å². The molecule has 0 amide bonds. The first-order chi connectivity index (χ1) is 7.85. The normalized spacial score (nSPS) is 19.4. The van der Waals surface area contributed by atoms with Crippen molar-refractivity contribution in [2.45, 2.75) is 25.2 Å². The lowest BCUT2D eigenvalue weighted by molar-refractivity contribution is 0.654. The molecule has 2 N–H and O–H groups in total. The fourth-order valence-electron chi connectivity index (χ4n) is 2.24. The molecule has 1 aromatic rings. The maximum atomic E-state index is 7.32. The molecule has 0 fully saturated rings. The fourth-order valence-corrected chi connectivity index (χ4v) is 2.24. The van der Waals surface area contributed by atoms with Crippen molar-refractivity contribution in [3.05, 3.63) is 41.5 Å². The van der Waals surface area contributed by atoms with Gasteiger partial charge in [0.25, 0.3) is 0 Å². The van der Waals surface area contributed by atoms with Crippen molar-refractivity contribution in [1.29, 1.82) is 5.41 Å². The van der Waals surface area contributed by atoms with E-state index in [1.807, 2.05) is 13.1 Å². The molecule has 0 bridgehead atoms. The number of anilines is 1. The van der Waals surface area contributed by atoms with Crippen LogP contribution in [-0.4, -0.2) is 13.3 Å². The summed E-state index contributed by atoms with van der Waals surface area (Å²) in [5.74, 6) is 0.556. The van der Waals surface area contributed by atoms with E-state index in [9.17, 15) is 0 Å². The third kappa shape index (κ3) is 2.16. The highest BCUT2D eigenvalue weighted by Gasteiger charge is 2.12. The van der Waals surface area contributed by atoms with Crippen LogP contribution in [0.2, 0.25) is 0 Å². The first kappa shape index (κ1) is 10.9. The Balaban J connectivity index is 2.31. The topological polar surface area (TPSA) is 35.9 Å². The zero-order chi connectivity index (χ0) is 11.4. The Bertz CT molecular complexity index is 407. The summed E-state index contributed by atoms with van der Waals surface area (Å²) in [5, 5.41) is 10.5. The van der Waals surface area contributed by atoms with Gasteiger partial charge >= 0.3 is 0 Å². The zero-order valence-corrected chi connectivity index (χ0v) is 9.66. The van der Waals surface area contributed by atoms with E-state index in [0.29, 0.717) is 5.92 Å². The third-order valence-electron chi connectivity index (χ3n) is 3.18. The van der Waals surface area contributed by atoms with Crippen molar-refractivity contribution >= 4 is 11.9 Å². The Morgan fingerprint density at radius 2 is 2.31 bits per heavy atom. The molecule has 0 unspecified atom stereocenters. The summed E-state index contributed by atoms with van der Waals surface area (Å²) >= 11 is 0. The standard InChI is InChI=1S/C14H18N2/c1-16-14-9-12(7-8-13(14)10-15)11-5-3-2-4-6-11/h3,5,7-11,15-16H,2,4,6H2,1H3/t11-/m0/s1. The van der Waals surface area contributed by atoms with E-state index in [1.165, 1.54) is 31.0 Å². The molecule has 0 spiro atoms. The molecule has 0 heterocycles. The molecular formula is C14H18N2. The van der Waals surface area contributed by atoms with Gasteiger partial charge in [-0.3, -0.25) is 0 Å². The van der Waals surface area contributed by atoms with E-state index in [4.69, 9.17) is 5.41 Å². The van der Waals surface area contributed by atoms with E-state index in [2.05, 4.69) is 29.6 Å². The second kappa shape index (κ2) is 4.97. The summed E-state index contributed by atoms with van der Waals surface area (Å²) in [4.78, 5) is 0. The number of benzene rings is 1. The highest BCUT2D eigenvalue weighted by molar-refractivity contribution is 5.86. The molecule has 1 aliphatic carbocycles. The van der Waals surface area contributed by atoms with Crippen LogP contribution in [0.15, 0.2) is 30.4 Å². The highest BCUT2D eigenvalue weighted by atomic mass is 14.8. The summed E-state index contributed by atoms with van der Waals surface area (Å²) in [6, 6.07) is 6.33. The average molecular weight is 214 g/mol. The molecule has 1 aliphatic rings. The Morgan fingerprint density at radius 1 is 1.44 bits per heavy atom. The highest BCUT2D eigenvalue weighted by Crippen LogP contribution is 2.30. The van der Waals surface area contributed by atoms with Crippen LogP contribution in [0.4, 0.5) is 5.69 Å². The molecule has 16 heavy (non-hydrogen) atoms. The summed E-state index contributed by atoms with van der Waals surface area (Å²) in [7, 11) is 1.91. The van der Waals surface area contributed by atoms with Gasteiger partial charge in [0.15, 0.2) is 0 Å². The largest absolute Gasteiger partial charge is 0.388 e. The molecule has 0 saturated heterocycles. The van der Waals surface area contributed by atoms with Crippen molar-refractivity contribution in [1.82, 2.24) is 0 Å². The average Bonchev–Trinajstić information content (AvgIpc) is 2.39. The Morgan fingerprint density at radius 3 is 2.94 bits per heavy atom. The van der Waals surface area contributed by atoms with E-state index in [-0.39, 0.29) is 0 Å². The number of rotatable bonds is 3. The summed E-state index contributed by atoms with van der Waals surface area (Å²) < 4.78 is 0. The van der Waals surface area contributed by atoms with Gasteiger partial charge in [0.2, 0.25) is 0 Å². The maximum Gasteiger partial charge on any atom is 0.0429 e. The monoisotopic (exact) mass is 214 g/mol. The fraction of sp³-hybridized carbons (Fsp3) is 0.357. The quantitative estimate of drug-likeness (QED) is 0.586. The molecule has 0 saturated carbocycles. The Labute approximate surface area is 96.9 Å². The lowest BCUT2D eigenvalue weighted by atomic mass is 9.88. The molecular weight excluding hydrogens is 196 g/mol. The second-order valence-corrected chi connectivity index (χ2v) is 4.21. The number of hydrogen-bond donors (Lipinski definition) is 2. The Hall–Kier alpha value is -1.57. The Kier molecular flexibility index (Phi) is 3.40. The number of nitrogens with one attached hydrogen (secondary N) is 2. The molecule has 84 valence electrons. The van der Waals surface area contributed by atoms with E-state index in [0.717, 1.165) is 11.3 Å². The van der Waals surface area contributed by atoms with Gasteiger partial charge in [-0.15, -0.1) is 0 Å². The molecule has 2 rings (SSSR count). The van der Waals surface area contributed by atoms with Crippen LogP contribution in [0.1, 0.15) is 36.3 Å². The van der Waals surface area contributed by atoms with Gasteiger partial charge in [-0.05, 0) is 30.9 Å². The molecule has 2 heteroatoms. The van der Waals surface area contributed by atoms with E-state index >= 15 is 0 Å². The molecule has 0 radical (unpaired) electrons. The summed E-state index contributed by atoms with van der Waals surface area (Å²) in [6.45, 7) is 0. The minimum Gasteiger partial charge on any atom is -0.388 e. The van der Waals surface area contributed by atoms with Crippen molar-refractivity contribution < 1.29 is 0 Å². The molecule has 2 nitrogen and oxygen atoms in total. The van der Waals surface area contributed by atoms with Crippen molar-refractivity contribution in [2.24, 2.45) is 0 Å². The van der Waals surface area contributed by atoms with Gasteiger partial charge in [0.05, 0.1) is 0 Å². The zero-order valence-electron chi connectivity index (χ0n) is 9.66. The van der Waals surface area contributed by atoms with Crippen LogP contribution in [0.5, 0.6) is 0 Å². The molecule has 0 aliphatic heterocycles. The molecule has 1 aromatic carbocycles. The van der Waals surface area contributed by atoms with Crippen LogP contribution >= 0.6 is 0 Å². The number of hydrogen-bond acceptors (Lipinski definition) is 2. The predicted molar refractivity (Wildman–Crippen MR) is 69.6 cm³/mol. The van der Waals surface area contributed by atoms with Crippen molar-refractivity contribution in [2.75, 3.05) is 12.4 Å². The summed E-state index contributed by atoms with van der Waals surface area (Å²) in [5.41, 5.74) is 3.35. The second-order valence-electron chi connectivity index (χ2n) is 4.21. The predicted octanol–water partition coefficient (Wildman–Crippen LogP) is 3.55. The molecule has 0 aromatic heterocycles. The van der Waals surface area contributed by atoms with Gasteiger partial charge in [0, 0.05) is 30.4 Å². The van der Waals surface area contributed by atoms with E-state index in [1.54, 1.807) is 0 Å². The minimum atomic E-state index is 0.556. The lowest BCUT2D eigenvalue weighted by Gasteiger charge is -2.18. The first-order valence-corrected chi connectivity index (χ1v) is 5.84. The van der Waals surface area contributed by atoms with Crippen molar-refractivity contribution in [3.63, 3.8) is 0 Å². The van der Waals surface area contributed by atoms with E-state index < -0.39 is 0 Å². The lowest BCUT2D eigenvalue weighted by Crippen LogP contribution is -2.02. The van der Waals surface area contributed by atoms with Crippen LogP contribution < -0.4 is 5.32 Å². The van der Waals surface area contributed by atoms with Crippen LogP contribution in [0.25, 0.3) is 0 Å². The van der Waals surface area contributed by atoms with Gasteiger partial charge in [-0.25, -0.2) is 0 Å². The number of allylic oxidation sites excluding steroid dienone is 2. The smallest absolute Gasteiger partial charge is 0.0429 e. The SMILES string of the molecule is CNc1cc([C@H]2C=CCCC2)ccc1C=N. The summed E-state index contributed by atoms with van der Waals surface area (Å²) in [6.07, 6.45) is 9.71. The van der Waals surface area contributed by atoms with Gasteiger partial charge < -0.3 is 10.7 Å². The molecule has 1 atom stereocenters. The minimum absolute atomic E-state index is 0.556. The first-order valence-electron chi connectivity index (χ1n) is 5.84. The maximum absolute atomic E-state index is 7.32. The van der Waals surface area contributed by atoms with Crippen LogP contribution in [0.3, 0.4) is 0 Å². The van der Waals surface area contributed by atoms with Gasteiger partial charge in [-0.1, -0.05) is 24.3 Å². The van der Waals surface area contributed by atoms with Crippen LogP contribution in [0, 0.1) is 5.41 Å². The van der Waals surface area contributed by atoms with Crippen LogP contribution in [-0.2, 0) is 0 Å². The van der Waals surface area contributed by atoms with Crippen molar-refractivity contribution in [3.8, 4) is 0 Å².